The Hall–Kier alpha value is -1.18. The zero-order valence-corrected chi connectivity index (χ0v) is 7.88. The van der Waals surface area contributed by atoms with Crippen LogP contribution >= 0.6 is 0 Å². The molecule has 0 aromatic heterocycles. The molecule has 0 saturated heterocycles. The highest BCUT2D eigenvalue weighted by Crippen LogP contribution is 2.19. The van der Waals surface area contributed by atoms with Crippen LogP contribution in [0.2, 0.25) is 0 Å². The minimum atomic E-state index is -0.237. The normalized spacial score (nSPS) is 12.5. The zero-order chi connectivity index (χ0) is 9.84. The van der Waals surface area contributed by atoms with Crippen LogP contribution in [0.3, 0.4) is 0 Å². The van der Waals surface area contributed by atoms with Crippen LogP contribution in [0.4, 0.5) is 4.39 Å². The van der Waals surface area contributed by atoms with Gasteiger partial charge in [-0.05, 0) is 30.5 Å². The highest BCUT2D eigenvalue weighted by Gasteiger charge is 2.07. The van der Waals surface area contributed by atoms with Gasteiger partial charge in [-0.1, -0.05) is 19.1 Å². The fourth-order valence-electron chi connectivity index (χ4n) is 1.34. The van der Waals surface area contributed by atoms with Gasteiger partial charge in [-0.15, -0.1) is 0 Å². The first kappa shape index (κ1) is 9.90. The van der Waals surface area contributed by atoms with Crippen LogP contribution in [0.1, 0.15) is 31.7 Å². The summed E-state index contributed by atoms with van der Waals surface area (Å²) in [5, 5.41) is 0. The van der Waals surface area contributed by atoms with E-state index >= 15 is 0 Å². The van der Waals surface area contributed by atoms with Crippen molar-refractivity contribution in [3.05, 3.63) is 35.6 Å². The van der Waals surface area contributed by atoms with E-state index in [1.165, 1.54) is 12.1 Å². The molecule has 1 aromatic carbocycles. The van der Waals surface area contributed by atoms with Gasteiger partial charge in [-0.25, -0.2) is 4.39 Å². The van der Waals surface area contributed by atoms with Gasteiger partial charge in [-0.2, -0.15) is 0 Å². The molecule has 0 saturated carbocycles. The lowest BCUT2D eigenvalue weighted by molar-refractivity contribution is -0.117. The number of rotatable bonds is 3. The maximum atomic E-state index is 12.5. The van der Waals surface area contributed by atoms with Gasteiger partial charge in [0.25, 0.3) is 0 Å². The summed E-state index contributed by atoms with van der Waals surface area (Å²) in [4.78, 5) is 10.8. The molecule has 1 rings (SSSR count). The second kappa shape index (κ2) is 4.17. The first-order valence-electron chi connectivity index (χ1n) is 4.34. The number of halogens is 1. The van der Waals surface area contributed by atoms with Gasteiger partial charge in [0.1, 0.15) is 11.6 Å². The van der Waals surface area contributed by atoms with E-state index in [2.05, 4.69) is 0 Å². The van der Waals surface area contributed by atoms with Crippen LogP contribution in [-0.2, 0) is 4.79 Å². The van der Waals surface area contributed by atoms with Crippen molar-refractivity contribution in [1.82, 2.24) is 0 Å². The monoisotopic (exact) mass is 180 g/mol. The van der Waals surface area contributed by atoms with E-state index in [1.54, 1.807) is 19.1 Å². The Morgan fingerprint density at radius 3 is 2.38 bits per heavy atom. The van der Waals surface area contributed by atoms with Crippen molar-refractivity contribution in [2.75, 3.05) is 0 Å². The molecule has 0 unspecified atom stereocenters. The highest BCUT2D eigenvalue weighted by atomic mass is 19.1. The quantitative estimate of drug-likeness (QED) is 0.699. The molecular weight excluding hydrogens is 167 g/mol. The topological polar surface area (TPSA) is 17.1 Å². The largest absolute Gasteiger partial charge is 0.300 e. The molecule has 0 N–H and O–H groups in total. The summed E-state index contributed by atoms with van der Waals surface area (Å²) < 4.78 is 12.5. The van der Waals surface area contributed by atoms with Gasteiger partial charge in [0.15, 0.2) is 0 Å². The molecule has 0 aliphatic heterocycles. The molecule has 0 fully saturated rings. The smallest absolute Gasteiger partial charge is 0.130 e. The van der Waals surface area contributed by atoms with Crippen LogP contribution in [-0.4, -0.2) is 5.78 Å². The summed E-state index contributed by atoms with van der Waals surface area (Å²) in [5.41, 5.74) is 1.01. The Kier molecular flexibility index (Phi) is 3.18. The number of hydrogen-bond acceptors (Lipinski definition) is 1. The lowest BCUT2D eigenvalue weighted by Gasteiger charge is -2.08. The fourth-order valence-corrected chi connectivity index (χ4v) is 1.34. The highest BCUT2D eigenvalue weighted by molar-refractivity contribution is 5.76. The number of carbonyl (C=O) groups is 1. The Labute approximate surface area is 77.6 Å². The molecule has 0 aliphatic carbocycles. The summed E-state index contributed by atoms with van der Waals surface area (Å²) in [6.45, 7) is 3.54. The van der Waals surface area contributed by atoms with Gasteiger partial charge in [0.2, 0.25) is 0 Å². The van der Waals surface area contributed by atoms with E-state index in [1.807, 2.05) is 6.92 Å². The molecule has 0 bridgehead atoms. The van der Waals surface area contributed by atoms with Crippen LogP contribution in [0.15, 0.2) is 24.3 Å². The van der Waals surface area contributed by atoms with Crippen LogP contribution in [0.5, 0.6) is 0 Å². The van der Waals surface area contributed by atoms with E-state index in [9.17, 15) is 9.18 Å². The zero-order valence-electron chi connectivity index (χ0n) is 7.88. The van der Waals surface area contributed by atoms with E-state index < -0.39 is 0 Å². The summed E-state index contributed by atoms with van der Waals surface area (Å²) >= 11 is 0. The number of carbonyl (C=O) groups excluding carboxylic acids is 1. The Morgan fingerprint density at radius 2 is 1.92 bits per heavy atom. The van der Waals surface area contributed by atoms with Gasteiger partial charge in [0.05, 0.1) is 0 Å². The maximum Gasteiger partial charge on any atom is 0.130 e. The van der Waals surface area contributed by atoms with Crippen molar-refractivity contribution in [2.24, 2.45) is 0 Å². The molecule has 70 valence electrons. The standard InChI is InChI=1S/C11H13FO/c1-8(7-9(2)13)10-3-5-11(12)6-4-10/h3-6,8H,7H2,1-2H3/t8-/m0/s1. The van der Waals surface area contributed by atoms with Crippen molar-refractivity contribution in [2.45, 2.75) is 26.2 Å². The Balaban J connectivity index is 2.71. The van der Waals surface area contributed by atoms with Crippen molar-refractivity contribution in [1.29, 1.82) is 0 Å². The minimum Gasteiger partial charge on any atom is -0.300 e. The first-order valence-corrected chi connectivity index (χ1v) is 4.34. The number of ketones is 1. The predicted molar refractivity (Wildman–Crippen MR) is 50.1 cm³/mol. The van der Waals surface area contributed by atoms with Gasteiger partial charge >= 0.3 is 0 Å². The molecule has 1 nitrogen and oxygen atoms in total. The van der Waals surface area contributed by atoms with Crippen LogP contribution in [0, 0.1) is 5.82 Å². The average Bonchev–Trinajstić information content (AvgIpc) is 2.04. The lowest BCUT2D eigenvalue weighted by Crippen LogP contribution is -2.00. The molecule has 1 aromatic rings. The predicted octanol–water partition coefficient (Wildman–Crippen LogP) is 2.91. The number of hydrogen-bond donors (Lipinski definition) is 0. The molecule has 1 atom stereocenters. The Morgan fingerprint density at radius 1 is 1.38 bits per heavy atom. The summed E-state index contributed by atoms with van der Waals surface area (Å²) in [5.74, 6) is 0.105. The summed E-state index contributed by atoms with van der Waals surface area (Å²) in [7, 11) is 0. The molecule has 13 heavy (non-hydrogen) atoms. The fraction of sp³-hybridized carbons (Fsp3) is 0.364. The molecule has 0 aliphatic rings. The molecule has 0 heterocycles. The Bertz CT molecular complexity index is 289. The van der Waals surface area contributed by atoms with Gasteiger partial charge in [0, 0.05) is 6.42 Å². The van der Waals surface area contributed by atoms with E-state index in [-0.39, 0.29) is 17.5 Å². The van der Waals surface area contributed by atoms with Crippen LogP contribution < -0.4 is 0 Å². The second-order valence-electron chi connectivity index (χ2n) is 3.36. The minimum absolute atomic E-state index is 0.164. The first-order chi connectivity index (χ1) is 6.09. The third kappa shape index (κ3) is 2.98. The lowest BCUT2D eigenvalue weighted by atomic mass is 9.96. The second-order valence-corrected chi connectivity index (χ2v) is 3.36. The average molecular weight is 180 g/mol. The third-order valence-corrected chi connectivity index (χ3v) is 2.03. The van der Waals surface area contributed by atoms with E-state index in [0.29, 0.717) is 6.42 Å². The summed E-state index contributed by atoms with van der Waals surface area (Å²) in [6, 6.07) is 6.30. The van der Waals surface area contributed by atoms with Crippen molar-refractivity contribution in [3.63, 3.8) is 0 Å². The van der Waals surface area contributed by atoms with Gasteiger partial charge < -0.3 is 4.79 Å². The number of benzene rings is 1. The maximum absolute atomic E-state index is 12.5. The van der Waals surface area contributed by atoms with E-state index in [4.69, 9.17) is 0 Å². The third-order valence-electron chi connectivity index (χ3n) is 2.03. The van der Waals surface area contributed by atoms with Crippen molar-refractivity contribution < 1.29 is 9.18 Å². The van der Waals surface area contributed by atoms with Crippen molar-refractivity contribution >= 4 is 5.78 Å². The van der Waals surface area contributed by atoms with E-state index in [0.717, 1.165) is 5.56 Å². The number of Topliss-reactive ketones (excluding diaryl/α,β-unsaturated/α-hetero) is 1. The van der Waals surface area contributed by atoms with Gasteiger partial charge in [-0.3, -0.25) is 0 Å². The molecule has 0 radical (unpaired) electrons. The molecule has 0 spiro atoms. The summed E-state index contributed by atoms with van der Waals surface area (Å²) in [6.07, 6.45) is 0.519. The molecule has 0 amide bonds. The molecule has 2 heteroatoms. The SMILES string of the molecule is CC(=O)C[C@H](C)c1ccc(F)cc1. The molecular formula is C11H13FO. The van der Waals surface area contributed by atoms with Crippen LogP contribution in [0.25, 0.3) is 0 Å². The van der Waals surface area contributed by atoms with Crippen molar-refractivity contribution in [3.8, 4) is 0 Å².